The maximum atomic E-state index is 9.02. The molecule has 1 aromatic rings. The minimum absolute atomic E-state index is 0.269. The van der Waals surface area contributed by atoms with Gasteiger partial charge in [0.15, 0.2) is 5.66 Å². The lowest BCUT2D eigenvalue weighted by Gasteiger charge is -2.25. The molecule has 74 valence electrons. The molecule has 1 heterocycles. The van der Waals surface area contributed by atoms with Crippen molar-refractivity contribution >= 4 is 12.4 Å². The van der Waals surface area contributed by atoms with Crippen molar-refractivity contribution < 1.29 is 0 Å². The lowest BCUT2D eigenvalue weighted by atomic mass is 9.89. The molecular formula is C12H11N3. The van der Waals surface area contributed by atoms with Gasteiger partial charge >= 0.3 is 0 Å². The second-order valence-corrected chi connectivity index (χ2v) is 3.50. The summed E-state index contributed by atoms with van der Waals surface area (Å²) in [6, 6.07) is 11.9. The van der Waals surface area contributed by atoms with Gasteiger partial charge in [-0.15, -0.1) is 0 Å². The van der Waals surface area contributed by atoms with E-state index >= 15 is 0 Å². The van der Waals surface area contributed by atoms with Gasteiger partial charge in [-0.25, -0.2) is 0 Å². The normalized spacial score (nSPS) is 18.7. The number of hydrogen-bond donors (Lipinski definition) is 0. The van der Waals surface area contributed by atoms with Gasteiger partial charge < -0.3 is 0 Å². The van der Waals surface area contributed by atoms with E-state index in [1.54, 1.807) is 12.4 Å². The molecule has 3 heteroatoms. The Morgan fingerprint density at radius 1 is 1.20 bits per heavy atom. The zero-order valence-electron chi connectivity index (χ0n) is 8.46. The van der Waals surface area contributed by atoms with Gasteiger partial charge in [-0.05, 0) is 6.92 Å². The predicted molar refractivity (Wildman–Crippen MR) is 59.9 cm³/mol. The van der Waals surface area contributed by atoms with Gasteiger partial charge in [0, 0.05) is 18.0 Å². The molecule has 0 radical (unpaired) electrons. The van der Waals surface area contributed by atoms with Crippen molar-refractivity contribution in [2.24, 2.45) is 15.9 Å². The highest BCUT2D eigenvalue weighted by molar-refractivity contribution is 6.17. The first-order valence-corrected chi connectivity index (χ1v) is 4.84. The van der Waals surface area contributed by atoms with Crippen LogP contribution in [0, 0.1) is 17.2 Å². The zero-order chi connectivity index (χ0) is 10.7. The van der Waals surface area contributed by atoms with Crippen LogP contribution < -0.4 is 0 Å². The predicted octanol–water partition coefficient (Wildman–Crippen LogP) is 2.15. The summed E-state index contributed by atoms with van der Waals surface area (Å²) in [6.07, 6.45) is 3.31. The molecule has 15 heavy (non-hydrogen) atoms. The summed E-state index contributed by atoms with van der Waals surface area (Å²) >= 11 is 0. The first-order valence-electron chi connectivity index (χ1n) is 4.84. The minimum Gasteiger partial charge on any atom is -0.256 e. The van der Waals surface area contributed by atoms with Crippen LogP contribution in [-0.4, -0.2) is 12.4 Å². The van der Waals surface area contributed by atoms with Gasteiger partial charge in [0.1, 0.15) is 0 Å². The number of hydrogen-bond acceptors (Lipinski definition) is 3. The Bertz CT molecular complexity index is 428. The van der Waals surface area contributed by atoms with Gasteiger partial charge in [-0.3, -0.25) is 9.98 Å². The summed E-state index contributed by atoms with van der Waals surface area (Å²) in [6.45, 7) is 1.84. The van der Waals surface area contributed by atoms with Crippen molar-refractivity contribution in [3.8, 4) is 6.07 Å². The highest BCUT2D eigenvalue weighted by atomic mass is 15.1. The minimum atomic E-state index is -0.726. The quantitative estimate of drug-likeness (QED) is 0.716. The fraction of sp³-hybridized carbons (Fsp3) is 0.250. The average Bonchev–Trinajstić information content (AvgIpc) is 2.79. The van der Waals surface area contributed by atoms with Crippen molar-refractivity contribution in [2.75, 3.05) is 0 Å². The van der Waals surface area contributed by atoms with Crippen LogP contribution in [-0.2, 0) is 5.66 Å². The molecule has 1 aliphatic heterocycles. The second-order valence-electron chi connectivity index (χ2n) is 3.50. The Morgan fingerprint density at radius 3 is 2.33 bits per heavy atom. The topological polar surface area (TPSA) is 48.5 Å². The third-order valence-electron chi connectivity index (χ3n) is 2.61. The number of benzene rings is 1. The maximum Gasteiger partial charge on any atom is 0.191 e. The lowest BCUT2D eigenvalue weighted by Crippen LogP contribution is -2.26. The molecule has 0 amide bonds. The third-order valence-corrected chi connectivity index (χ3v) is 2.61. The van der Waals surface area contributed by atoms with Crippen molar-refractivity contribution in [1.29, 1.82) is 5.26 Å². The van der Waals surface area contributed by atoms with E-state index in [9.17, 15) is 0 Å². The zero-order valence-corrected chi connectivity index (χ0v) is 8.46. The first-order chi connectivity index (χ1) is 7.29. The fourth-order valence-electron chi connectivity index (χ4n) is 1.72. The smallest absolute Gasteiger partial charge is 0.191 e. The summed E-state index contributed by atoms with van der Waals surface area (Å²) in [4.78, 5) is 8.68. The molecule has 0 saturated carbocycles. The van der Waals surface area contributed by atoms with Crippen LogP contribution in [0.4, 0.5) is 0 Å². The molecule has 1 aromatic carbocycles. The van der Waals surface area contributed by atoms with Crippen LogP contribution in [0.15, 0.2) is 40.3 Å². The van der Waals surface area contributed by atoms with Gasteiger partial charge in [-0.1, -0.05) is 30.3 Å². The van der Waals surface area contributed by atoms with E-state index in [-0.39, 0.29) is 5.92 Å². The van der Waals surface area contributed by atoms with Crippen LogP contribution in [0.3, 0.4) is 0 Å². The van der Waals surface area contributed by atoms with Gasteiger partial charge in [0.25, 0.3) is 0 Å². The van der Waals surface area contributed by atoms with Crippen molar-refractivity contribution in [3.63, 3.8) is 0 Å². The molecule has 1 unspecified atom stereocenters. The molecule has 0 fully saturated rings. The lowest BCUT2D eigenvalue weighted by molar-refractivity contribution is 0.386. The van der Waals surface area contributed by atoms with Crippen LogP contribution in [0.2, 0.25) is 0 Å². The second kappa shape index (κ2) is 3.66. The Balaban J connectivity index is 2.51. The van der Waals surface area contributed by atoms with Crippen LogP contribution >= 0.6 is 0 Å². The van der Waals surface area contributed by atoms with Crippen molar-refractivity contribution in [3.05, 3.63) is 35.9 Å². The monoisotopic (exact) mass is 197 g/mol. The van der Waals surface area contributed by atoms with E-state index in [0.717, 1.165) is 5.56 Å². The Hall–Kier alpha value is -1.95. The molecule has 0 N–H and O–H groups in total. The summed E-state index contributed by atoms with van der Waals surface area (Å²) in [5.74, 6) is -0.269. The molecule has 2 rings (SSSR count). The maximum absolute atomic E-state index is 9.02. The first kappa shape index (κ1) is 9.60. The number of nitrogens with zero attached hydrogens (tertiary/aromatic N) is 3. The number of nitriles is 1. The van der Waals surface area contributed by atoms with Gasteiger partial charge in [0.05, 0.1) is 12.0 Å². The molecule has 1 atom stereocenters. The highest BCUT2D eigenvalue weighted by Crippen LogP contribution is 2.36. The highest BCUT2D eigenvalue weighted by Gasteiger charge is 2.38. The van der Waals surface area contributed by atoms with Crippen molar-refractivity contribution in [2.45, 2.75) is 12.6 Å². The van der Waals surface area contributed by atoms with E-state index in [1.807, 2.05) is 37.3 Å². The molecule has 0 spiro atoms. The Kier molecular flexibility index (Phi) is 2.34. The Morgan fingerprint density at radius 2 is 1.80 bits per heavy atom. The van der Waals surface area contributed by atoms with Crippen LogP contribution in [0.5, 0.6) is 0 Å². The largest absolute Gasteiger partial charge is 0.256 e. The van der Waals surface area contributed by atoms with E-state index in [2.05, 4.69) is 16.1 Å². The van der Waals surface area contributed by atoms with Gasteiger partial charge in [-0.2, -0.15) is 5.26 Å². The molecule has 0 aliphatic carbocycles. The molecule has 3 nitrogen and oxygen atoms in total. The molecule has 0 bridgehead atoms. The third kappa shape index (κ3) is 1.44. The SMILES string of the molecule is CC(C#N)C1(c2ccccc2)N=CC=N1. The van der Waals surface area contributed by atoms with E-state index in [4.69, 9.17) is 5.26 Å². The summed E-state index contributed by atoms with van der Waals surface area (Å²) < 4.78 is 0. The van der Waals surface area contributed by atoms with Gasteiger partial charge in [0.2, 0.25) is 0 Å². The van der Waals surface area contributed by atoms with Crippen molar-refractivity contribution in [1.82, 2.24) is 0 Å². The number of rotatable bonds is 2. The molecule has 0 aromatic heterocycles. The van der Waals surface area contributed by atoms with Crippen LogP contribution in [0.25, 0.3) is 0 Å². The standard InChI is InChI=1S/C12H11N3/c1-10(9-13)12(14-7-8-15-12)11-5-3-2-4-6-11/h2-8,10H,1H3. The van der Waals surface area contributed by atoms with E-state index < -0.39 is 5.66 Å². The summed E-state index contributed by atoms with van der Waals surface area (Å²) in [5.41, 5.74) is 0.236. The summed E-state index contributed by atoms with van der Waals surface area (Å²) in [7, 11) is 0. The Labute approximate surface area is 88.8 Å². The average molecular weight is 197 g/mol. The molecule has 0 saturated heterocycles. The molecule has 1 aliphatic rings. The summed E-state index contributed by atoms with van der Waals surface area (Å²) in [5, 5.41) is 9.02. The fourth-order valence-corrected chi connectivity index (χ4v) is 1.72. The van der Waals surface area contributed by atoms with E-state index in [1.165, 1.54) is 0 Å². The molecular weight excluding hydrogens is 186 g/mol. The van der Waals surface area contributed by atoms with E-state index in [0.29, 0.717) is 0 Å². The number of aliphatic imine (C=N–C) groups is 2. The van der Waals surface area contributed by atoms with Crippen LogP contribution in [0.1, 0.15) is 12.5 Å².